The number of aliphatic carboxylic acids is 1. The number of rotatable bonds is 5. The first-order valence-electron chi connectivity index (χ1n) is 7.22. The van der Waals surface area contributed by atoms with E-state index in [0.717, 1.165) is 19.3 Å². The lowest BCUT2D eigenvalue weighted by molar-refractivity contribution is -0.144. The van der Waals surface area contributed by atoms with Crippen LogP contribution in [0.2, 0.25) is 0 Å². The van der Waals surface area contributed by atoms with Gasteiger partial charge in [0, 0.05) is 19.1 Å². The van der Waals surface area contributed by atoms with E-state index in [0.29, 0.717) is 18.4 Å². The Morgan fingerprint density at radius 1 is 1.37 bits per heavy atom. The highest BCUT2D eigenvalue weighted by molar-refractivity contribution is 5.81. The standard InChI is InChI=1S/C14H24N2O3/c1-3-16(7-8(2)14(18)19)13(17)11-9-4-5-10(6-9)12(11)15/h8-12H,3-7,15H2,1-2H3,(H,18,19). The Hall–Kier alpha value is -1.10. The summed E-state index contributed by atoms with van der Waals surface area (Å²) in [4.78, 5) is 25.2. The van der Waals surface area contributed by atoms with E-state index in [4.69, 9.17) is 10.8 Å². The summed E-state index contributed by atoms with van der Waals surface area (Å²) < 4.78 is 0. The van der Waals surface area contributed by atoms with Crippen LogP contribution in [0.25, 0.3) is 0 Å². The van der Waals surface area contributed by atoms with E-state index in [-0.39, 0.29) is 24.4 Å². The van der Waals surface area contributed by atoms with Gasteiger partial charge in [0.2, 0.25) is 5.91 Å². The maximum Gasteiger partial charge on any atom is 0.308 e. The van der Waals surface area contributed by atoms with Crippen LogP contribution in [-0.4, -0.2) is 41.0 Å². The summed E-state index contributed by atoms with van der Waals surface area (Å²) in [6, 6.07) is -0.0274. The molecule has 0 saturated heterocycles. The van der Waals surface area contributed by atoms with Crippen LogP contribution in [-0.2, 0) is 9.59 Å². The van der Waals surface area contributed by atoms with Crippen LogP contribution in [0.15, 0.2) is 0 Å². The summed E-state index contributed by atoms with van der Waals surface area (Å²) in [7, 11) is 0. The Balaban J connectivity index is 2.02. The molecule has 3 N–H and O–H groups in total. The maximum absolute atomic E-state index is 12.6. The van der Waals surface area contributed by atoms with Crippen molar-refractivity contribution in [3.63, 3.8) is 0 Å². The van der Waals surface area contributed by atoms with Crippen LogP contribution >= 0.6 is 0 Å². The Labute approximate surface area is 114 Å². The second kappa shape index (κ2) is 5.49. The van der Waals surface area contributed by atoms with Crippen molar-refractivity contribution in [3.05, 3.63) is 0 Å². The molecule has 0 spiro atoms. The molecule has 5 atom stereocenters. The monoisotopic (exact) mass is 268 g/mol. The first-order chi connectivity index (χ1) is 8.95. The Morgan fingerprint density at radius 3 is 2.47 bits per heavy atom. The molecular weight excluding hydrogens is 244 g/mol. The minimum Gasteiger partial charge on any atom is -0.481 e. The average Bonchev–Trinajstić information content (AvgIpc) is 2.95. The smallest absolute Gasteiger partial charge is 0.308 e. The van der Waals surface area contributed by atoms with Crippen molar-refractivity contribution >= 4 is 11.9 Å². The predicted molar refractivity (Wildman–Crippen MR) is 71.4 cm³/mol. The third kappa shape index (κ3) is 2.61. The molecule has 5 unspecified atom stereocenters. The van der Waals surface area contributed by atoms with E-state index in [1.54, 1.807) is 11.8 Å². The van der Waals surface area contributed by atoms with Gasteiger partial charge in [-0.3, -0.25) is 9.59 Å². The number of fused-ring (bicyclic) bond motifs is 2. The van der Waals surface area contributed by atoms with Crippen LogP contribution in [0.4, 0.5) is 0 Å². The van der Waals surface area contributed by atoms with Crippen LogP contribution < -0.4 is 5.73 Å². The molecule has 0 heterocycles. The number of amides is 1. The second-order valence-electron chi connectivity index (χ2n) is 6.05. The van der Waals surface area contributed by atoms with Crippen LogP contribution in [0.1, 0.15) is 33.1 Å². The number of carbonyl (C=O) groups excluding carboxylic acids is 1. The van der Waals surface area contributed by atoms with Crippen LogP contribution in [0.3, 0.4) is 0 Å². The Morgan fingerprint density at radius 2 is 2.00 bits per heavy atom. The lowest BCUT2D eigenvalue weighted by Gasteiger charge is -2.33. The quantitative estimate of drug-likeness (QED) is 0.777. The molecule has 2 bridgehead atoms. The van der Waals surface area contributed by atoms with Gasteiger partial charge in [0.15, 0.2) is 0 Å². The van der Waals surface area contributed by atoms with E-state index >= 15 is 0 Å². The highest BCUT2D eigenvalue weighted by atomic mass is 16.4. The van der Waals surface area contributed by atoms with E-state index in [9.17, 15) is 9.59 Å². The lowest BCUT2D eigenvalue weighted by Crippen LogP contribution is -2.48. The zero-order valence-electron chi connectivity index (χ0n) is 11.7. The molecule has 0 aliphatic heterocycles. The van der Waals surface area contributed by atoms with Crippen molar-refractivity contribution in [1.82, 2.24) is 4.90 Å². The molecule has 2 rings (SSSR count). The lowest BCUT2D eigenvalue weighted by atomic mass is 9.84. The number of carbonyl (C=O) groups is 2. The molecule has 108 valence electrons. The molecule has 5 heteroatoms. The average molecular weight is 268 g/mol. The highest BCUT2D eigenvalue weighted by Crippen LogP contribution is 2.48. The van der Waals surface area contributed by atoms with Crippen molar-refractivity contribution < 1.29 is 14.7 Å². The summed E-state index contributed by atoms with van der Waals surface area (Å²) in [5.41, 5.74) is 6.18. The van der Waals surface area contributed by atoms with Gasteiger partial charge >= 0.3 is 5.97 Å². The molecule has 0 aromatic rings. The molecule has 2 fully saturated rings. The fourth-order valence-electron chi connectivity index (χ4n) is 3.70. The van der Waals surface area contributed by atoms with Crippen molar-refractivity contribution in [2.75, 3.05) is 13.1 Å². The van der Waals surface area contributed by atoms with E-state index in [1.807, 2.05) is 6.92 Å². The number of nitrogens with two attached hydrogens (primary N) is 1. The van der Waals surface area contributed by atoms with Crippen LogP contribution in [0, 0.1) is 23.7 Å². The van der Waals surface area contributed by atoms with Crippen molar-refractivity contribution in [2.24, 2.45) is 29.4 Å². The molecule has 0 aromatic heterocycles. The molecule has 0 radical (unpaired) electrons. The minimum absolute atomic E-state index is 0.0274. The molecule has 0 aromatic carbocycles. The Kier molecular flexibility index (Phi) is 4.13. The molecule has 19 heavy (non-hydrogen) atoms. The van der Waals surface area contributed by atoms with E-state index < -0.39 is 11.9 Å². The first kappa shape index (κ1) is 14.3. The van der Waals surface area contributed by atoms with Crippen molar-refractivity contribution in [2.45, 2.75) is 39.2 Å². The van der Waals surface area contributed by atoms with Gasteiger partial charge in [-0.1, -0.05) is 6.92 Å². The van der Waals surface area contributed by atoms with E-state index in [2.05, 4.69) is 0 Å². The van der Waals surface area contributed by atoms with Crippen molar-refractivity contribution in [3.8, 4) is 0 Å². The number of hydrogen-bond donors (Lipinski definition) is 2. The van der Waals surface area contributed by atoms with Gasteiger partial charge in [-0.25, -0.2) is 0 Å². The largest absolute Gasteiger partial charge is 0.481 e. The molecule has 5 nitrogen and oxygen atoms in total. The zero-order valence-corrected chi connectivity index (χ0v) is 11.7. The summed E-state index contributed by atoms with van der Waals surface area (Å²) in [5, 5.41) is 8.97. The summed E-state index contributed by atoms with van der Waals surface area (Å²) >= 11 is 0. The van der Waals surface area contributed by atoms with Gasteiger partial charge in [-0.05, 0) is 38.0 Å². The fourth-order valence-corrected chi connectivity index (χ4v) is 3.70. The summed E-state index contributed by atoms with van der Waals surface area (Å²) in [6.07, 6.45) is 3.32. The Bertz CT molecular complexity index is 370. The fraction of sp³-hybridized carbons (Fsp3) is 0.857. The minimum atomic E-state index is -0.858. The third-order valence-corrected chi connectivity index (χ3v) is 4.87. The maximum atomic E-state index is 12.6. The topological polar surface area (TPSA) is 83.6 Å². The van der Waals surface area contributed by atoms with E-state index in [1.165, 1.54) is 0 Å². The van der Waals surface area contributed by atoms with Crippen molar-refractivity contribution in [1.29, 1.82) is 0 Å². The SMILES string of the molecule is CCN(CC(C)C(=O)O)C(=O)C1C2CCC(C2)C1N. The van der Waals surface area contributed by atoms with Gasteiger partial charge in [0.1, 0.15) is 0 Å². The number of carboxylic acid groups (broad SMARTS) is 1. The van der Waals surface area contributed by atoms with Gasteiger partial charge < -0.3 is 15.7 Å². The number of hydrogen-bond acceptors (Lipinski definition) is 3. The summed E-state index contributed by atoms with van der Waals surface area (Å²) in [5.74, 6) is -0.492. The number of carboxylic acids is 1. The highest BCUT2D eigenvalue weighted by Gasteiger charge is 2.50. The second-order valence-corrected chi connectivity index (χ2v) is 6.05. The number of nitrogens with zero attached hydrogens (tertiary/aromatic N) is 1. The molecule has 2 aliphatic rings. The van der Waals surface area contributed by atoms with Crippen LogP contribution in [0.5, 0.6) is 0 Å². The third-order valence-electron chi connectivity index (χ3n) is 4.87. The van der Waals surface area contributed by atoms with Gasteiger partial charge in [-0.15, -0.1) is 0 Å². The molecule has 1 amide bonds. The van der Waals surface area contributed by atoms with Gasteiger partial charge in [-0.2, -0.15) is 0 Å². The predicted octanol–water partition coefficient (Wildman–Crippen LogP) is 0.929. The summed E-state index contributed by atoms with van der Waals surface area (Å²) in [6.45, 7) is 4.37. The van der Waals surface area contributed by atoms with Gasteiger partial charge in [0.05, 0.1) is 11.8 Å². The molecule has 2 saturated carbocycles. The van der Waals surface area contributed by atoms with Gasteiger partial charge in [0.25, 0.3) is 0 Å². The molecular formula is C14H24N2O3. The normalized spacial score (nSPS) is 34.3. The molecule has 2 aliphatic carbocycles. The first-order valence-corrected chi connectivity index (χ1v) is 7.22. The zero-order chi connectivity index (χ0) is 14.2.